The maximum atomic E-state index is 13.1. The van der Waals surface area contributed by atoms with Gasteiger partial charge in [0.2, 0.25) is 0 Å². The fraction of sp³-hybridized carbons (Fsp3) is 0.222. The van der Waals surface area contributed by atoms with Gasteiger partial charge < -0.3 is 10.1 Å². The second-order valence-electron chi connectivity index (χ2n) is 5.63. The van der Waals surface area contributed by atoms with Crippen molar-refractivity contribution in [3.63, 3.8) is 0 Å². The Kier molecular flexibility index (Phi) is 5.31. The van der Waals surface area contributed by atoms with Crippen molar-refractivity contribution in [3.05, 3.63) is 70.8 Å². The number of methoxy groups -OCH3 is 1. The van der Waals surface area contributed by atoms with Crippen molar-refractivity contribution in [2.75, 3.05) is 7.11 Å². The highest BCUT2D eigenvalue weighted by Crippen LogP contribution is 2.21. The molecule has 0 radical (unpaired) electrons. The van der Waals surface area contributed by atoms with Crippen molar-refractivity contribution in [2.45, 2.75) is 19.5 Å². The van der Waals surface area contributed by atoms with Crippen LogP contribution < -0.4 is 10.1 Å². The molecule has 0 saturated carbocycles. The molecular weight excluding hydrogens is 343 g/mol. The van der Waals surface area contributed by atoms with E-state index in [4.69, 9.17) is 16.3 Å². The fourth-order valence-corrected chi connectivity index (χ4v) is 2.69. The van der Waals surface area contributed by atoms with Gasteiger partial charge in [0.25, 0.3) is 0 Å². The van der Waals surface area contributed by atoms with Crippen LogP contribution in [0.15, 0.2) is 48.7 Å². The Morgan fingerprint density at radius 1 is 1.24 bits per heavy atom. The molecule has 0 fully saturated rings. The molecule has 0 aliphatic heterocycles. The largest absolute Gasteiger partial charge is 0.497 e. The summed E-state index contributed by atoms with van der Waals surface area (Å²) in [5, 5.41) is 11.9. The molecule has 1 atom stereocenters. The van der Waals surface area contributed by atoms with E-state index in [2.05, 4.69) is 22.6 Å². The van der Waals surface area contributed by atoms with E-state index in [1.165, 1.54) is 16.8 Å². The van der Waals surface area contributed by atoms with Crippen LogP contribution >= 0.6 is 11.6 Å². The van der Waals surface area contributed by atoms with Crippen molar-refractivity contribution in [3.8, 4) is 11.4 Å². The average molecular weight is 361 g/mol. The Morgan fingerprint density at radius 2 is 2.00 bits per heavy atom. The molecule has 25 heavy (non-hydrogen) atoms. The zero-order valence-corrected chi connectivity index (χ0v) is 14.7. The maximum Gasteiger partial charge on any atom is 0.124 e. The third-order valence-electron chi connectivity index (χ3n) is 3.90. The van der Waals surface area contributed by atoms with Crippen molar-refractivity contribution in [1.82, 2.24) is 20.3 Å². The number of halogens is 2. The average Bonchev–Trinajstić information content (AvgIpc) is 3.08. The van der Waals surface area contributed by atoms with Crippen molar-refractivity contribution < 1.29 is 9.13 Å². The Hall–Kier alpha value is -2.44. The maximum absolute atomic E-state index is 13.1. The number of hydrogen-bond acceptors (Lipinski definition) is 4. The lowest BCUT2D eigenvalue weighted by atomic mass is 10.1. The lowest BCUT2D eigenvalue weighted by Gasteiger charge is -2.13. The lowest BCUT2D eigenvalue weighted by molar-refractivity contribution is 0.414. The number of rotatable bonds is 6. The highest BCUT2D eigenvalue weighted by molar-refractivity contribution is 6.32. The smallest absolute Gasteiger partial charge is 0.124 e. The minimum atomic E-state index is -0.385. The lowest BCUT2D eigenvalue weighted by Crippen LogP contribution is -2.18. The summed E-state index contributed by atoms with van der Waals surface area (Å²) < 4.78 is 19.8. The molecular formula is C18H18ClFN4O. The van der Waals surface area contributed by atoms with Gasteiger partial charge in [0, 0.05) is 12.6 Å². The summed E-state index contributed by atoms with van der Waals surface area (Å²) in [6, 6.07) is 12.2. The Morgan fingerprint density at radius 3 is 2.68 bits per heavy atom. The Bertz CT molecular complexity index is 851. The van der Waals surface area contributed by atoms with Gasteiger partial charge in [-0.05, 0) is 42.8 Å². The topological polar surface area (TPSA) is 52.0 Å². The standard InChI is InChI=1S/C18H18ClFN4O/c1-12(13-3-6-16(25-2)7-4-13)21-10-15-11-24(23-22-15)18-8-5-14(20)9-17(18)19/h3-9,11-12,21H,10H2,1-2H3. The molecule has 0 bridgehead atoms. The quantitative estimate of drug-likeness (QED) is 0.724. The monoisotopic (exact) mass is 360 g/mol. The SMILES string of the molecule is COc1ccc(C(C)NCc2cn(-c3ccc(F)cc3Cl)nn2)cc1. The van der Waals surface area contributed by atoms with Crippen LogP contribution in [0.4, 0.5) is 4.39 Å². The van der Waals surface area contributed by atoms with Gasteiger partial charge in [-0.2, -0.15) is 0 Å². The van der Waals surface area contributed by atoms with Crippen LogP contribution in [0.2, 0.25) is 5.02 Å². The predicted octanol–water partition coefficient (Wildman–Crippen LogP) is 3.92. The summed E-state index contributed by atoms with van der Waals surface area (Å²) in [5.74, 6) is 0.444. The molecule has 3 rings (SSSR count). The number of hydrogen-bond donors (Lipinski definition) is 1. The second-order valence-corrected chi connectivity index (χ2v) is 6.03. The van der Waals surface area contributed by atoms with Gasteiger partial charge in [0.05, 0.1) is 29.7 Å². The summed E-state index contributed by atoms with van der Waals surface area (Å²) in [7, 11) is 1.65. The normalized spacial score (nSPS) is 12.2. The van der Waals surface area contributed by atoms with E-state index in [0.717, 1.165) is 17.0 Å². The molecule has 7 heteroatoms. The minimum Gasteiger partial charge on any atom is -0.497 e. The molecule has 1 aromatic heterocycles. The molecule has 130 valence electrons. The summed E-state index contributed by atoms with van der Waals surface area (Å²) in [4.78, 5) is 0. The summed E-state index contributed by atoms with van der Waals surface area (Å²) in [6.07, 6.45) is 1.77. The second kappa shape index (κ2) is 7.63. The first kappa shape index (κ1) is 17.4. The molecule has 0 aliphatic rings. The summed E-state index contributed by atoms with van der Waals surface area (Å²) >= 11 is 6.05. The molecule has 2 aromatic carbocycles. The number of nitrogens with zero attached hydrogens (tertiary/aromatic N) is 3. The first-order valence-electron chi connectivity index (χ1n) is 7.81. The van der Waals surface area contributed by atoms with E-state index in [0.29, 0.717) is 12.2 Å². The van der Waals surface area contributed by atoms with Crippen LogP contribution in [0.25, 0.3) is 5.69 Å². The molecule has 1 unspecified atom stereocenters. The molecule has 0 aliphatic carbocycles. The van der Waals surface area contributed by atoms with E-state index in [1.807, 2.05) is 24.3 Å². The van der Waals surface area contributed by atoms with Crippen LogP contribution in [0.5, 0.6) is 5.75 Å². The van der Waals surface area contributed by atoms with Crippen molar-refractivity contribution >= 4 is 11.6 Å². The van der Waals surface area contributed by atoms with Gasteiger partial charge in [-0.3, -0.25) is 0 Å². The highest BCUT2D eigenvalue weighted by atomic mass is 35.5. The van der Waals surface area contributed by atoms with Crippen LogP contribution in [0.1, 0.15) is 24.2 Å². The fourth-order valence-electron chi connectivity index (χ4n) is 2.43. The number of nitrogens with one attached hydrogen (secondary N) is 1. The van der Waals surface area contributed by atoms with Gasteiger partial charge in [-0.1, -0.05) is 28.9 Å². The van der Waals surface area contributed by atoms with Crippen LogP contribution in [0.3, 0.4) is 0 Å². The highest BCUT2D eigenvalue weighted by Gasteiger charge is 2.10. The van der Waals surface area contributed by atoms with Crippen LogP contribution in [0, 0.1) is 5.82 Å². The first-order chi connectivity index (χ1) is 12.1. The van der Waals surface area contributed by atoms with E-state index in [9.17, 15) is 4.39 Å². The number of aromatic nitrogens is 3. The van der Waals surface area contributed by atoms with E-state index >= 15 is 0 Å². The third kappa shape index (κ3) is 4.15. The Balaban J connectivity index is 1.64. The van der Waals surface area contributed by atoms with Gasteiger partial charge in [-0.25, -0.2) is 9.07 Å². The van der Waals surface area contributed by atoms with E-state index < -0.39 is 0 Å². The molecule has 0 saturated heterocycles. The summed E-state index contributed by atoms with van der Waals surface area (Å²) in [5.41, 5.74) is 2.50. The van der Waals surface area contributed by atoms with Crippen molar-refractivity contribution in [2.24, 2.45) is 0 Å². The van der Waals surface area contributed by atoms with Gasteiger partial charge >= 0.3 is 0 Å². The first-order valence-corrected chi connectivity index (χ1v) is 8.18. The molecule has 5 nitrogen and oxygen atoms in total. The molecule has 3 aromatic rings. The Labute approximate surface area is 150 Å². The zero-order valence-electron chi connectivity index (χ0n) is 13.9. The number of ether oxygens (including phenoxy) is 1. The third-order valence-corrected chi connectivity index (χ3v) is 4.21. The van der Waals surface area contributed by atoms with Crippen molar-refractivity contribution in [1.29, 1.82) is 0 Å². The van der Waals surface area contributed by atoms with Gasteiger partial charge in [0.1, 0.15) is 11.6 Å². The minimum absolute atomic E-state index is 0.144. The number of benzene rings is 2. The van der Waals surface area contributed by atoms with Gasteiger partial charge in [0.15, 0.2) is 0 Å². The zero-order chi connectivity index (χ0) is 17.8. The predicted molar refractivity (Wildman–Crippen MR) is 94.6 cm³/mol. The molecule has 0 amide bonds. The van der Waals surface area contributed by atoms with Crippen LogP contribution in [-0.2, 0) is 6.54 Å². The van der Waals surface area contributed by atoms with Crippen LogP contribution in [-0.4, -0.2) is 22.1 Å². The summed E-state index contributed by atoms with van der Waals surface area (Å²) in [6.45, 7) is 2.62. The van der Waals surface area contributed by atoms with E-state index in [-0.39, 0.29) is 16.9 Å². The van der Waals surface area contributed by atoms with E-state index in [1.54, 1.807) is 19.4 Å². The van der Waals surface area contributed by atoms with Gasteiger partial charge in [-0.15, -0.1) is 5.10 Å². The molecule has 1 N–H and O–H groups in total. The molecule has 0 spiro atoms. The molecule has 1 heterocycles.